The van der Waals surface area contributed by atoms with Crippen molar-refractivity contribution in [3.8, 4) is 0 Å². The van der Waals surface area contributed by atoms with Crippen LogP contribution in [0.5, 0.6) is 0 Å². The van der Waals surface area contributed by atoms with E-state index in [2.05, 4.69) is 45.6 Å². The van der Waals surface area contributed by atoms with Crippen LogP contribution in [0, 0.1) is 5.92 Å². The first-order chi connectivity index (χ1) is 12.1. The van der Waals surface area contributed by atoms with Gasteiger partial charge in [0.05, 0.1) is 6.54 Å². The number of hydrogen-bond acceptors (Lipinski definition) is 5. The number of likely N-dealkylation sites (tertiary alicyclic amines) is 1. The van der Waals surface area contributed by atoms with Gasteiger partial charge in [0.1, 0.15) is 11.6 Å². The van der Waals surface area contributed by atoms with Gasteiger partial charge in [0.25, 0.3) is 0 Å². The lowest BCUT2D eigenvalue weighted by Crippen LogP contribution is -2.43. The van der Waals surface area contributed by atoms with Crippen LogP contribution in [0.4, 0.5) is 0 Å². The van der Waals surface area contributed by atoms with E-state index in [4.69, 9.17) is 4.74 Å². The van der Waals surface area contributed by atoms with Crippen LogP contribution in [0.2, 0.25) is 0 Å². The standard InChI is InChI=1S/C18H31N5O2/c1-4-23-16(13-21(2)3)19-20-17(23)14-5-9-22(10-6-14)18(24)15-7-11-25-12-8-15/h14-15H,4-13H2,1-3H3. The van der Waals surface area contributed by atoms with Crippen LogP contribution < -0.4 is 0 Å². The summed E-state index contributed by atoms with van der Waals surface area (Å²) < 4.78 is 7.63. The van der Waals surface area contributed by atoms with Gasteiger partial charge in [0, 0.05) is 44.7 Å². The molecule has 2 fully saturated rings. The average molecular weight is 349 g/mol. The Bertz CT molecular complexity index is 572. The van der Waals surface area contributed by atoms with Gasteiger partial charge in [-0.25, -0.2) is 0 Å². The van der Waals surface area contributed by atoms with Gasteiger partial charge in [0.15, 0.2) is 0 Å². The normalized spacial score (nSPS) is 20.4. The van der Waals surface area contributed by atoms with E-state index in [1.807, 2.05) is 0 Å². The van der Waals surface area contributed by atoms with Gasteiger partial charge in [-0.05, 0) is 46.7 Å². The van der Waals surface area contributed by atoms with Crippen molar-refractivity contribution in [1.29, 1.82) is 0 Å². The second-order valence-electron chi connectivity index (χ2n) is 7.44. The van der Waals surface area contributed by atoms with Crippen LogP contribution in [-0.2, 0) is 22.6 Å². The summed E-state index contributed by atoms with van der Waals surface area (Å²) in [5.41, 5.74) is 0. The van der Waals surface area contributed by atoms with Crippen LogP contribution in [0.15, 0.2) is 0 Å². The van der Waals surface area contributed by atoms with E-state index in [-0.39, 0.29) is 5.92 Å². The van der Waals surface area contributed by atoms with Gasteiger partial charge < -0.3 is 19.1 Å². The number of amides is 1. The topological polar surface area (TPSA) is 63.5 Å². The van der Waals surface area contributed by atoms with Gasteiger partial charge in [0.2, 0.25) is 5.91 Å². The Balaban J connectivity index is 1.60. The molecule has 0 radical (unpaired) electrons. The van der Waals surface area contributed by atoms with Crippen molar-refractivity contribution in [3.63, 3.8) is 0 Å². The van der Waals surface area contributed by atoms with Gasteiger partial charge in [-0.2, -0.15) is 0 Å². The van der Waals surface area contributed by atoms with E-state index in [0.29, 0.717) is 11.8 Å². The predicted octanol–water partition coefficient (Wildman–Crippen LogP) is 1.49. The van der Waals surface area contributed by atoms with Crippen molar-refractivity contribution in [2.75, 3.05) is 40.4 Å². The Morgan fingerprint density at radius 1 is 1.16 bits per heavy atom. The average Bonchev–Trinajstić information content (AvgIpc) is 3.03. The fourth-order valence-electron chi connectivity index (χ4n) is 3.96. The highest BCUT2D eigenvalue weighted by atomic mass is 16.5. The van der Waals surface area contributed by atoms with Crippen molar-refractivity contribution in [1.82, 2.24) is 24.6 Å². The molecule has 7 nitrogen and oxygen atoms in total. The molecule has 0 atom stereocenters. The third kappa shape index (κ3) is 4.20. The maximum atomic E-state index is 12.7. The Hall–Kier alpha value is -1.47. The number of carbonyl (C=O) groups is 1. The molecular weight excluding hydrogens is 318 g/mol. The smallest absolute Gasteiger partial charge is 0.225 e. The van der Waals surface area contributed by atoms with Crippen molar-refractivity contribution in [3.05, 3.63) is 11.6 Å². The summed E-state index contributed by atoms with van der Waals surface area (Å²) in [4.78, 5) is 16.9. The molecule has 0 N–H and O–H groups in total. The lowest BCUT2D eigenvalue weighted by molar-refractivity contribution is -0.139. The molecule has 2 aliphatic heterocycles. The van der Waals surface area contributed by atoms with Gasteiger partial charge in [-0.1, -0.05) is 0 Å². The van der Waals surface area contributed by atoms with Crippen LogP contribution in [0.3, 0.4) is 0 Å². The summed E-state index contributed by atoms with van der Waals surface area (Å²) in [5, 5.41) is 8.90. The fraction of sp³-hybridized carbons (Fsp3) is 0.833. The van der Waals surface area contributed by atoms with Crippen LogP contribution in [-0.4, -0.2) is 70.9 Å². The molecule has 0 aliphatic carbocycles. The summed E-state index contributed by atoms with van der Waals surface area (Å²) >= 11 is 0. The summed E-state index contributed by atoms with van der Waals surface area (Å²) in [6, 6.07) is 0. The summed E-state index contributed by atoms with van der Waals surface area (Å²) in [6.07, 6.45) is 3.71. The highest BCUT2D eigenvalue weighted by Crippen LogP contribution is 2.29. The molecule has 25 heavy (non-hydrogen) atoms. The first kappa shape index (κ1) is 18.3. The third-order valence-corrected chi connectivity index (χ3v) is 5.37. The number of hydrogen-bond donors (Lipinski definition) is 0. The number of nitrogens with zero attached hydrogens (tertiary/aromatic N) is 5. The molecule has 7 heteroatoms. The first-order valence-electron chi connectivity index (χ1n) is 9.53. The molecular formula is C18H31N5O2. The molecule has 1 aromatic rings. The molecule has 3 rings (SSSR count). The monoisotopic (exact) mass is 349 g/mol. The van der Waals surface area contributed by atoms with E-state index in [9.17, 15) is 4.79 Å². The number of carbonyl (C=O) groups excluding carboxylic acids is 1. The number of ether oxygens (including phenoxy) is 1. The Morgan fingerprint density at radius 3 is 2.44 bits per heavy atom. The number of piperidine rings is 1. The first-order valence-corrected chi connectivity index (χ1v) is 9.53. The lowest BCUT2D eigenvalue weighted by atomic mass is 9.93. The zero-order valence-corrected chi connectivity index (χ0v) is 15.8. The minimum absolute atomic E-state index is 0.163. The molecule has 2 aliphatic rings. The fourth-order valence-corrected chi connectivity index (χ4v) is 3.96. The molecule has 1 amide bonds. The molecule has 140 valence electrons. The predicted molar refractivity (Wildman–Crippen MR) is 95.2 cm³/mol. The molecule has 2 saturated heterocycles. The summed E-state index contributed by atoms with van der Waals surface area (Å²) in [6.45, 7) is 6.97. The van der Waals surface area contributed by atoms with Crippen molar-refractivity contribution < 1.29 is 9.53 Å². The molecule has 3 heterocycles. The van der Waals surface area contributed by atoms with Gasteiger partial charge in [-0.15, -0.1) is 10.2 Å². The Labute approximate surface area is 150 Å². The Kier molecular flexibility index (Phi) is 6.06. The molecule has 0 spiro atoms. The largest absolute Gasteiger partial charge is 0.381 e. The van der Waals surface area contributed by atoms with E-state index in [1.165, 1.54) is 0 Å². The lowest BCUT2D eigenvalue weighted by Gasteiger charge is -2.35. The molecule has 0 aromatic carbocycles. The number of rotatable bonds is 5. The third-order valence-electron chi connectivity index (χ3n) is 5.37. The van der Waals surface area contributed by atoms with E-state index >= 15 is 0 Å². The van der Waals surface area contributed by atoms with Crippen molar-refractivity contribution in [2.24, 2.45) is 5.92 Å². The molecule has 0 saturated carbocycles. The zero-order chi connectivity index (χ0) is 17.8. The van der Waals surface area contributed by atoms with E-state index < -0.39 is 0 Å². The minimum Gasteiger partial charge on any atom is -0.381 e. The van der Waals surface area contributed by atoms with Crippen molar-refractivity contribution >= 4 is 5.91 Å². The SMILES string of the molecule is CCn1c(CN(C)C)nnc1C1CCN(C(=O)C2CCOCC2)CC1. The summed E-state index contributed by atoms with van der Waals surface area (Å²) in [5.74, 6) is 3.02. The second-order valence-corrected chi connectivity index (χ2v) is 7.44. The quantitative estimate of drug-likeness (QED) is 0.806. The van der Waals surface area contributed by atoms with Crippen LogP contribution in [0.1, 0.15) is 50.2 Å². The van der Waals surface area contributed by atoms with Gasteiger partial charge in [-0.3, -0.25) is 4.79 Å². The maximum absolute atomic E-state index is 12.7. The van der Waals surface area contributed by atoms with Crippen LogP contribution >= 0.6 is 0 Å². The number of aromatic nitrogens is 3. The molecule has 1 aromatic heterocycles. The van der Waals surface area contributed by atoms with E-state index in [0.717, 1.165) is 76.7 Å². The van der Waals surface area contributed by atoms with Crippen molar-refractivity contribution in [2.45, 2.75) is 51.6 Å². The highest BCUT2D eigenvalue weighted by molar-refractivity contribution is 5.79. The van der Waals surface area contributed by atoms with Gasteiger partial charge >= 0.3 is 0 Å². The van der Waals surface area contributed by atoms with Crippen LogP contribution in [0.25, 0.3) is 0 Å². The summed E-state index contributed by atoms with van der Waals surface area (Å²) in [7, 11) is 4.10. The highest BCUT2D eigenvalue weighted by Gasteiger charge is 2.31. The minimum atomic E-state index is 0.163. The molecule has 0 unspecified atom stereocenters. The Morgan fingerprint density at radius 2 is 1.84 bits per heavy atom. The zero-order valence-electron chi connectivity index (χ0n) is 15.8. The molecule has 0 bridgehead atoms. The maximum Gasteiger partial charge on any atom is 0.225 e. The second kappa shape index (κ2) is 8.27. The van der Waals surface area contributed by atoms with E-state index in [1.54, 1.807) is 0 Å².